The molecule has 5 heteroatoms. The highest BCUT2D eigenvalue weighted by atomic mass is 79.9. The fourth-order valence-electron chi connectivity index (χ4n) is 0.890. The zero-order valence-electron chi connectivity index (χ0n) is 6.47. The Morgan fingerprint density at radius 2 is 2.17 bits per heavy atom. The van der Waals surface area contributed by atoms with Gasteiger partial charge in [0.25, 0.3) is 0 Å². The van der Waals surface area contributed by atoms with Crippen LogP contribution in [0.4, 0.5) is 0 Å². The van der Waals surface area contributed by atoms with E-state index in [1.807, 2.05) is 0 Å². The molecule has 0 spiro atoms. The number of carbonyl (C=O) groups is 1. The molecule has 66 valence electrons. The van der Waals surface area contributed by atoms with E-state index in [1.165, 1.54) is 0 Å². The molecule has 0 saturated carbocycles. The molecule has 0 bridgehead atoms. The van der Waals surface area contributed by atoms with Crippen molar-refractivity contribution in [1.82, 2.24) is 10.4 Å². The van der Waals surface area contributed by atoms with Crippen LogP contribution in [0.2, 0.25) is 0 Å². The number of halogens is 1. The van der Waals surface area contributed by atoms with Gasteiger partial charge >= 0.3 is 5.91 Å². The number of hydrogen-bond donors (Lipinski definition) is 1. The van der Waals surface area contributed by atoms with Crippen LogP contribution in [0.1, 0.15) is 0 Å². The molecule has 0 aliphatic carbocycles. The first-order valence-corrected chi connectivity index (χ1v) is 4.37. The first-order chi connectivity index (χ1) is 5.83. The maximum atomic E-state index is 10.9. The Morgan fingerprint density at radius 1 is 1.50 bits per heavy atom. The molecule has 4 nitrogen and oxygen atoms in total. The topological polar surface area (TPSA) is 41.6 Å². The summed E-state index contributed by atoms with van der Waals surface area (Å²) in [5.74, 6) is 2.03. The first-order valence-electron chi connectivity index (χ1n) is 3.58. The number of nitrogens with zero attached hydrogens (tertiary/aromatic N) is 1. The molecule has 12 heavy (non-hydrogen) atoms. The van der Waals surface area contributed by atoms with Crippen LogP contribution in [0.3, 0.4) is 0 Å². The van der Waals surface area contributed by atoms with E-state index in [2.05, 4.69) is 32.1 Å². The van der Waals surface area contributed by atoms with Crippen molar-refractivity contribution < 1.29 is 9.53 Å². The van der Waals surface area contributed by atoms with Crippen molar-refractivity contribution in [3.05, 3.63) is 0 Å². The van der Waals surface area contributed by atoms with E-state index in [0.717, 1.165) is 13.1 Å². The molecule has 0 radical (unpaired) electrons. The minimum atomic E-state index is -0.297. The number of rotatable bonds is 1. The molecule has 0 aromatic rings. The lowest BCUT2D eigenvalue weighted by atomic mass is 10.5. The smallest absolute Gasteiger partial charge is 0.311 e. The second kappa shape index (κ2) is 5.14. The summed E-state index contributed by atoms with van der Waals surface area (Å²) in [4.78, 5) is 13.3. The highest BCUT2D eigenvalue weighted by Gasteiger charge is 2.10. The maximum absolute atomic E-state index is 10.9. The van der Waals surface area contributed by atoms with Crippen LogP contribution in [-0.4, -0.2) is 37.2 Å². The van der Waals surface area contributed by atoms with Crippen molar-refractivity contribution >= 4 is 21.8 Å². The third-order valence-corrected chi connectivity index (χ3v) is 1.63. The number of morpholine rings is 1. The van der Waals surface area contributed by atoms with Gasteiger partial charge in [-0.15, -0.1) is 0 Å². The monoisotopic (exact) mass is 232 g/mol. The summed E-state index contributed by atoms with van der Waals surface area (Å²) in [6, 6.07) is 0. The molecule has 1 heterocycles. The van der Waals surface area contributed by atoms with E-state index in [-0.39, 0.29) is 5.91 Å². The van der Waals surface area contributed by atoms with Crippen LogP contribution >= 0.6 is 15.9 Å². The van der Waals surface area contributed by atoms with E-state index in [4.69, 9.17) is 4.74 Å². The van der Waals surface area contributed by atoms with Crippen LogP contribution < -0.4 is 5.43 Å². The fraction of sp³-hybridized carbons (Fsp3) is 0.571. The van der Waals surface area contributed by atoms with Gasteiger partial charge in [-0.2, -0.15) is 0 Å². The Hall–Kier alpha value is -0.570. The molecule has 1 aliphatic heterocycles. The van der Waals surface area contributed by atoms with Gasteiger partial charge in [-0.05, 0) is 4.83 Å². The molecule has 1 aliphatic rings. The van der Waals surface area contributed by atoms with E-state index < -0.39 is 0 Å². The van der Waals surface area contributed by atoms with Crippen LogP contribution in [0.5, 0.6) is 0 Å². The average molecular weight is 233 g/mol. The van der Waals surface area contributed by atoms with Crippen molar-refractivity contribution in [2.75, 3.05) is 26.3 Å². The predicted molar refractivity (Wildman–Crippen MR) is 47.2 cm³/mol. The van der Waals surface area contributed by atoms with Gasteiger partial charge in [0.15, 0.2) is 0 Å². The minimum absolute atomic E-state index is 0.297. The molecule has 0 aromatic heterocycles. The second-order valence-corrected chi connectivity index (χ2v) is 2.66. The standard InChI is InChI=1S/C7H9BrN2O2/c8-2-1-7(11)9-10-3-5-12-6-4-10/h3-6H2,(H,9,11). The SMILES string of the molecule is O=C(C#CBr)NN1CCOCC1. The van der Waals surface area contributed by atoms with Crippen molar-refractivity contribution in [3.8, 4) is 10.8 Å². The molecular weight excluding hydrogens is 224 g/mol. The van der Waals surface area contributed by atoms with Gasteiger partial charge < -0.3 is 4.74 Å². The molecular formula is C7H9BrN2O2. The van der Waals surface area contributed by atoms with Gasteiger partial charge in [0.05, 0.1) is 13.2 Å². The summed E-state index contributed by atoms with van der Waals surface area (Å²) in [5.41, 5.74) is 2.63. The lowest BCUT2D eigenvalue weighted by Crippen LogP contribution is -2.47. The Bertz CT molecular complexity index is 215. The van der Waals surface area contributed by atoms with Gasteiger partial charge in [-0.1, -0.05) is 0 Å². The van der Waals surface area contributed by atoms with Crippen molar-refractivity contribution in [2.45, 2.75) is 0 Å². The molecule has 1 N–H and O–H groups in total. The molecule has 1 amide bonds. The molecule has 0 unspecified atom stereocenters. The third kappa shape index (κ3) is 3.22. The predicted octanol–water partition coefficient (Wildman–Crippen LogP) is -0.294. The second-order valence-electron chi connectivity index (χ2n) is 2.26. The van der Waals surface area contributed by atoms with Crippen LogP contribution in [0.15, 0.2) is 0 Å². The molecule has 0 atom stereocenters. The van der Waals surface area contributed by atoms with Crippen molar-refractivity contribution in [1.29, 1.82) is 0 Å². The average Bonchev–Trinajstić information content (AvgIpc) is 2.06. The quantitative estimate of drug-likeness (QED) is 0.632. The normalized spacial score (nSPS) is 17.8. The van der Waals surface area contributed by atoms with Gasteiger partial charge in [-0.3, -0.25) is 10.2 Å². The van der Waals surface area contributed by atoms with Gasteiger partial charge in [0, 0.05) is 34.9 Å². The fourth-order valence-corrected chi connectivity index (χ4v) is 1.07. The van der Waals surface area contributed by atoms with E-state index in [0.29, 0.717) is 13.2 Å². The van der Waals surface area contributed by atoms with Crippen molar-refractivity contribution in [3.63, 3.8) is 0 Å². The Morgan fingerprint density at radius 3 is 2.75 bits per heavy atom. The molecule has 1 saturated heterocycles. The number of carbonyl (C=O) groups excluding carboxylic acids is 1. The minimum Gasteiger partial charge on any atom is -0.379 e. The lowest BCUT2D eigenvalue weighted by molar-refractivity contribution is -0.122. The van der Waals surface area contributed by atoms with Crippen LogP contribution in [-0.2, 0) is 9.53 Å². The van der Waals surface area contributed by atoms with Gasteiger partial charge in [0.1, 0.15) is 0 Å². The summed E-state index contributed by atoms with van der Waals surface area (Å²) in [6.45, 7) is 2.75. The Kier molecular flexibility index (Phi) is 4.08. The highest BCUT2D eigenvalue weighted by Crippen LogP contribution is 1.91. The molecule has 1 fully saturated rings. The summed E-state index contributed by atoms with van der Waals surface area (Å²) < 4.78 is 5.10. The third-order valence-electron chi connectivity index (χ3n) is 1.43. The van der Waals surface area contributed by atoms with Crippen LogP contribution in [0, 0.1) is 10.8 Å². The summed E-state index contributed by atoms with van der Waals surface area (Å²) in [7, 11) is 0. The highest BCUT2D eigenvalue weighted by molar-refractivity contribution is 9.12. The maximum Gasteiger partial charge on any atom is 0.311 e. The zero-order chi connectivity index (χ0) is 8.81. The largest absolute Gasteiger partial charge is 0.379 e. The number of amides is 1. The zero-order valence-corrected chi connectivity index (χ0v) is 8.06. The number of hydrazine groups is 1. The first kappa shape index (κ1) is 9.52. The van der Waals surface area contributed by atoms with Gasteiger partial charge in [0.2, 0.25) is 0 Å². The van der Waals surface area contributed by atoms with E-state index >= 15 is 0 Å². The summed E-state index contributed by atoms with van der Waals surface area (Å²) in [5, 5.41) is 1.79. The number of hydrogen-bond acceptors (Lipinski definition) is 3. The summed E-state index contributed by atoms with van der Waals surface area (Å²) >= 11 is 2.85. The van der Waals surface area contributed by atoms with Crippen molar-refractivity contribution in [2.24, 2.45) is 0 Å². The number of nitrogens with one attached hydrogen (secondary N) is 1. The number of ether oxygens (including phenoxy) is 1. The van der Waals surface area contributed by atoms with E-state index in [9.17, 15) is 4.79 Å². The van der Waals surface area contributed by atoms with Gasteiger partial charge in [-0.25, -0.2) is 5.01 Å². The Balaban J connectivity index is 2.27. The molecule has 1 rings (SSSR count). The summed E-state index contributed by atoms with van der Waals surface area (Å²) in [6.07, 6.45) is 0. The van der Waals surface area contributed by atoms with E-state index in [1.54, 1.807) is 5.01 Å². The lowest BCUT2D eigenvalue weighted by Gasteiger charge is -2.25. The van der Waals surface area contributed by atoms with Crippen LogP contribution in [0.25, 0.3) is 0 Å². The molecule has 0 aromatic carbocycles. The Labute approximate surface area is 79.3 Å².